The second-order valence-corrected chi connectivity index (χ2v) is 8.57. The number of halogens is 1. The molecule has 0 aromatic heterocycles. The first-order chi connectivity index (χ1) is 15.6. The Morgan fingerprint density at radius 3 is 2.24 bits per heavy atom. The van der Waals surface area contributed by atoms with Crippen molar-refractivity contribution in [2.24, 2.45) is 0 Å². The second-order valence-electron chi connectivity index (χ2n) is 7.04. The summed E-state index contributed by atoms with van der Waals surface area (Å²) < 4.78 is 12.4. The van der Waals surface area contributed by atoms with Gasteiger partial charge in [-0.05, 0) is 83.2 Å². The van der Waals surface area contributed by atoms with E-state index in [1.165, 1.54) is 42.1 Å². The monoisotopic (exact) mass is 581 g/mol. The molecule has 2 aromatic carbocycles. The summed E-state index contributed by atoms with van der Waals surface area (Å²) >= 11 is 7.21. The minimum absolute atomic E-state index is 0.00425. The minimum atomic E-state index is -0.477. The van der Waals surface area contributed by atoms with Crippen LogP contribution >= 0.6 is 34.8 Å². The lowest BCUT2D eigenvalue weighted by molar-refractivity contribution is -0.384. The Morgan fingerprint density at radius 1 is 1.09 bits per heavy atom. The lowest BCUT2D eigenvalue weighted by atomic mass is 10.1. The van der Waals surface area contributed by atoms with Crippen molar-refractivity contribution in [2.75, 3.05) is 20.7 Å². The number of non-ortho nitro benzene ring substituents is 1. The van der Waals surface area contributed by atoms with Gasteiger partial charge >= 0.3 is 0 Å². The van der Waals surface area contributed by atoms with Gasteiger partial charge in [0.1, 0.15) is 12.2 Å². The molecule has 1 aliphatic rings. The number of nitro groups is 1. The van der Waals surface area contributed by atoms with Crippen molar-refractivity contribution >= 4 is 63.5 Å². The fourth-order valence-electron chi connectivity index (χ4n) is 3.09. The first-order valence-corrected chi connectivity index (χ1v) is 11.3. The highest BCUT2D eigenvalue weighted by Gasteiger charge is 2.35. The maximum Gasteiger partial charge on any atom is 0.269 e. The summed E-state index contributed by atoms with van der Waals surface area (Å²) in [4.78, 5) is 38.1. The van der Waals surface area contributed by atoms with Crippen molar-refractivity contribution in [3.63, 3.8) is 0 Å². The number of hydrogen-bond donors (Lipinski definition) is 0. The van der Waals surface area contributed by atoms with E-state index < -0.39 is 16.7 Å². The molecule has 33 heavy (non-hydrogen) atoms. The average Bonchev–Trinajstić information content (AvgIpc) is 2.79. The van der Waals surface area contributed by atoms with Gasteiger partial charge in [0.15, 0.2) is 16.6 Å². The zero-order chi connectivity index (χ0) is 24.3. The molecule has 172 valence electrons. The van der Waals surface area contributed by atoms with E-state index in [2.05, 4.69) is 22.6 Å². The zero-order valence-electron chi connectivity index (χ0n) is 18.0. The number of carbonyl (C=O) groups is 2. The highest BCUT2D eigenvalue weighted by Crippen LogP contribution is 2.36. The molecular weight excluding hydrogens is 561 g/mol. The van der Waals surface area contributed by atoms with Crippen molar-refractivity contribution in [3.8, 4) is 11.5 Å². The Morgan fingerprint density at radius 2 is 1.70 bits per heavy atom. The molecule has 2 aromatic rings. The van der Waals surface area contributed by atoms with Gasteiger partial charge < -0.3 is 9.47 Å². The Balaban J connectivity index is 1.90. The Kier molecular flexibility index (Phi) is 7.64. The van der Waals surface area contributed by atoms with E-state index >= 15 is 0 Å². The van der Waals surface area contributed by atoms with E-state index in [1.54, 1.807) is 24.3 Å². The quantitative estimate of drug-likeness (QED) is 0.123. The molecule has 1 saturated heterocycles. The lowest BCUT2D eigenvalue weighted by Gasteiger charge is -2.31. The van der Waals surface area contributed by atoms with E-state index in [4.69, 9.17) is 21.7 Å². The van der Waals surface area contributed by atoms with Crippen molar-refractivity contribution in [1.29, 1.82) is 0 Å². The predicted octanol–water partition coefficient (Wildman–Crippen LogP) is 3.78. The number of hydrogen-bond acceptors (Lipinski definition) is 7. The summed E-state index contributed by atoms with van der Waals surface area (Å²) in [6, 6.07) is 9.55. The van der Waals surface area contributed by atoms with Gasteiger partial charge in [-0.1, -0.05) is 0 Å². The largest absolute Gasteiger partial charge is 0.490 e. The third-order valence-corrected chi connectivity index (χ3v) is 6.17. The van der Waals surface area contributed by atoms with Crippen molar-refractivity contribution in [1.82, 2.24) is 9.80 Å². The predicted molar refractivity (Wildman–Crippen MR) is 134 cm³/mol. The normalized spacial score (nSPS) is 13.9. The van der Waals surface area contributed by atoms with Crippen molar-refractivity contribution < 1.29 is 24.0 Å². The van der Waals surface area contributed by atoms with Gasteiger partial charge in [-0.2, -0.15) is 0 Å². The fourth-order valence-corrected chi connectivity index (χ4v) is 4.03. The number of nitro benzene ring substituents is 1. The summed E-state index contributed by atoms with van der Waals surface area (Å²) in [5.74, 6) is -0.00936. The first-order valence-electron chi connectivity index (χ1n) is 9.78. The van der Waals surface area contributed by atoms with Crippen LogP contribution in [0.15, 0.2) is 42.0 Å². The second kappa shape index (κ2) is 10.3. The molecule has 0 aliphatic carbocycles. The number of likely N-dealkylation sites (N-methyl/N-ethyl adjacent to an activating group) is 2. The number of benzene rings is 2. The summed E-state index contributed by atoms with van der Waals surface area (Å²) in [6.45, 7) is 2.39. The lowest BCUT2D eigenvalue weighted by Crippen LogP contribution is -2.52. The molecule has 1 fully saturated rings. The molecule has 0 N–H and O–H groups in total. The number of ether oxygens (including phenoxy) is 2. The summed E-state index contributed by atoms with van der Waals surface area (Å²) in [6.07, 6.45) is 1.50. The molecule has 9 nitrogen and oxygen atoms in total. The van der Waals surface area contributed by atoms with E-state index in [9.17, 15) is 19.7 Å². The highest BCUT2D eigenvalue weighted by atomic mass is 127. The van der Waals surface area contributed by atoms with Gasteiger partial charge in [-0.25, -0.2) is 0 Å². The SMILES string of the molecule is CCOc1cc(C=C2C(=O)N(C)C(=S)N(C)C2=O)cc(I)c1OCc1ccc([N+](=O)[O-])cc1. The number of nitrogens with zero attached hydrogens (tertiary/aromatic N) is 3. The van der Waals surface area contributed by atoms with Gasteiger partial charge in [0.2, 0.25) is 0 Å². The van der Waals surface area contributed by atoms with E-state index in [0.717, 1.165) is 5.56 Å². The standard InChI is InChI=1S/C22H20IN3O6S/c1-4-31-18-11-14(9-16-20(27)24(2)22(33)25(3)21(16)28)10-17(23)19(18)32-12-13-5-7-15(8-6-13)26(29)30/h5-11H,4,12H2,1-3H3. The number of carbonyl (C=O) groups excluding carboxylic acids is 2. The van der Waals surface area contributed by atoms with Crippen molar-refractivity contribution in [3.05, 3.63) is 66.8 Å². The van der Waals surface area contributed by atoms with Crippen LogP contribution < -0.4 is 9.47 Å². The third-order valence-electron chi connectivity index (χ3n) is 4.82. The van der Waals surface area contributed by atoms with Gasteiger partial charge in [-0.15, -0.1) is 0 Å². The Hall–Kier alpha value is -3.06. The van der Waals surface area contributed by atoms with Gasteiger partial charge in [-0.3, -0.25) is 29.5 Å². The summed E-state index contributed by atoms with van der Waals surface area (Å²) in [7, 11) is 3.04. The number of amides is 2. The molecule has 1 heterocycles. The van der Waals surface area contributed by atoms with Gasteiger partial charge in [0, 0.05) is 26.2 Å². The fraction of sp³-hybridized carbons (Fsp3) is 0.227. The molecule has 1 aliphatic heterocycles. The number of rotatable bonds is 7. The van der Waals surface area contributed by atoms with Crippen LogP contribution in [0.5, 0.6) is 11.5 Å². The van der Waals surface area contributed by atoms with E-state index in [-0.39, 0.29) is 23.0 Å². The van der Waals surface area contributed by atoms with Crippen LogP contribution in [0.25, 0.3) is 6.08 Å². The first kappa shape index (κ1) is 24.6. The smallest absolute Gasteiger partial charge is 0.269 e. The zero-order valence-corrected chi connectivity index (χ0v) is 21.0. The molecular formula is C22H20IN3O6S. The highest BCUT2D eigenvalue weighted by molar-refractivity contribution is 14.1. The Labute approximate surface area is 209 Å². The molecule has 3 rings (SSSR count). The third kappa shape index (κ3) is 5.30. The molecule has 0 saturated carbocycles. The Bertz CT molecular complexity index is 1140. The van der Waals surface area contributed by atoms with Gasteiger partial charge in [0.05, 0.1) is 15.1 Å². The van der Waals surface area contributed by atoms with Crippen LogP contribution in [0.2, 0.25) is 0 Å². The summed E-state index contributed by atoms with van der Waals surface area (Å²) in [5.41, 5.74) is 1.35. The molecule has 0 bridgehead atoms. The molecule has 2 amide bonds. The van der Waals surface area contributed by atoms with Crippen LogP contribution in [-0.2, 0) is 16.2 Å². The molecule has 0 atom stereocenters. The summed E-state index contributed by atoms with van der Waals surface area (Å²) in [5, 5.41) is 11.0. The number of thiocarbonyl (C=S) groups is 1. The van der Waals surface area contributed by atoms with E-state index in [1.807, 2.05) is 6.92 Å². The van der Waals surface area contributed by atoms with Crippen LogP contribution in [0.3, 0.4) is 0 Å². The average molecular weight is 581 g/mol. The van der Waals surface area contributed by atoms with Gasteiger partial charge in [0.25, 0.3) is 17.5 Å². The van der Waals surface area contributed by atoms with Crippen LogP contribution in [-0.4, -0.2) is 52.4 Å². The molecule has 0 unspecified atom stereocenters. The topological polar surface area (TPSA) is 102 Å². The maximum atomic E-state index is 12.6. The van der Waals surface area contributed by atoms with Crippen molar-refractivity contribution in [2.45, 2.75) is 13.5 Å². The molecule has 0 spiro atoms. The molecule has 11 heteroatoms. The maximum absolute atomic E-state index is 12.6. The van der Waals surface area contributed by atoms with E-state index in [0.29, 0.717) is 27.2 Å². The minimum Gasteiger partial charge on any atom is -0.490 e. The van der Waals surface area contributed by atoms with Crippen LogP contribution in [0, 0.1) is 13.7 Å². The van der Waals surface area contributed by atoms with Crippen LogP contribution in [0.4, 0.5) is 5.69 Å². The van der Waals surface area contributed by atoms with Crippen LogP contribution in [0.1, 0.15) is 18.1 Å². The molecule has 0 radical (unpaired) electrons.